The van der Waals surface area contributed by atoms with Gasteiger partial charge in [0.1, 0.15) is 0 Å². The fourth-order valence-electron chi connectivity index (χ4n) is 3.11. The van der Waals surface area contributed by atoms with Gasteiger partial charge in [-0.3, -0.25) is 4.90 Å². The summed E-state index contributed by atoms with van der Waals surface area (Å²) in [5, 5.41) is 3.06. The molecule has 1 aromatic rings. The van der Waals surface area contributed by atoms with Crippen molar-refractivity contribution in [3.63, 3.8) is 0 Å². The molecule has 1 aliphatic rings. The first kappa shape index (κ1) is 18.6. The molecule has 1 aliphatic heterocycles. The fraction of sp³-hybridized carbons (Fsp3) is 0.647. The van der Waals surface area contributed by atoms with Crippen LogP contribution in [-0.2, 0) is 6.18 Å². The highest BCUT2D eigenvalue weighted by Gasteiger charge is 2.34. The van der Waals surface area contributed by atoms with Crippen LogP contribution in [0.2, 0.25) is 5.02 Å². The van der Waals surface area contributed by atoms with E-state index in [0.717, 1.165) is 57.4 Å². The molecule has 0 unspecified atom stereocenters. The maximum absolute atomic E-state index is 13.1. The average Bonchev–Trinajstić information content (AvgIpc) is 2.52. The van der Waals surface area contributed by atoms with Gasteiger partial charge < -0.3 is 5.32 Å². The molecule has 6 heteroatoms. The molecule has 2 rings (SSSR count). The van der Waals surface area contributed by atoms with Crippen molar-refractivity contribution < 1.29 is 13.2 Å². The minimum absolute atomic E-state index is 0.0296. The Balaban J connectivity index is 2.26. The fourth-order valence-corrected chi connectivity index (χ4v) is 3.33. The highest BCUT2D eigenvalue weighted by atomic mass is 35.5. The third-order valence-electron chi connectivity index (χ3n) is 4.35. The second-order valence-corrected chi connectivity index (χ2v) is 6.44. The van der Waals surface area contributed by atoms with Crippen LogP contribution in [0.5, 0.6) is 0 Å². The third kappa shape index (κ3) is 5.10. The van der Waals surface area contributed by atoms with Crippen molar-refractivity contribution in [2.75, 3.05) is 26.2 Å². The van der Waals surface area contributed by atoms with Gasteiger partial charge in [0.15, 0.2) is 0 Å². The number of hydrogen-bond donors (Lipinski definition) is 1. The summed E-state index contributed by atoms with van der Waals surface area (Å²) in [5.74, 6) is 0. The predicted molar refractivity (Wildman–Crippen MR) is 87.8 cm³/mol. The number of benzene rings is 1. The van der Waals surface area contributed by atoms with Crippen LogP contribution >= 0.6 is 11.6 Å². The molecule has 1 atom stereocenters. The quantitative estimate of drug-likeness (QED) is 0.737. The lowest BCUT2D eigenvalue weighted by Crippen LogP contribution is -2.45. The van der Waals surface area contributed by atoms with Crippen molar-refractivity contribution in [1.82, 2.24) is 10.2 Å². The Labute approximate surface area is 141 Å². The standard InChI is InChI=1S/C17H24ClF3N2/c1-2-3-4-5-16(23-10-8-22-9-11-23)13-6-7-15(18)14(12-13)17(19,20)21/h6-7,12,16,22H,2-5,8-11H2,1H3/t16-/m1/s1. The van der Waals surface area contributed by atoms with Gasteiger partial charge in [-0.2, -0.15) is 13.2 Å². The summed E-state index contributed by atoms with van der Waals surface area (Å²) in [7, 11) is 0. The number of unbranched alkanes of at least 4 members (excludes halogenated alkanes) is 2. The van der Waals surface area contributed by atoms with E-state index in [9.17, 15) is 13.2 Å². The van der Waals surface area contributed by atoms with Gasteiger partial charge in [0.25, 0.3) is 0 Å². The summed E-state index contributed by atoms with van der Waals surface area (Å²) in [6, 6.07) is 4.40. The van der Waals surface area contributed by atoms with Crippen molar-refractivity contribution in [1.29, 1.82) is 0 Å². The Hall–Kier alpha value is -0.780. The molecule has 1 fully saturated rings. The Morgan fingerprint density at radius 2 is 1.91 bits per heavy atom. The van der Waals surface area contributed by atoms with E-state index in [1.165, 1.54) is 12.1 Å². The molecule has 0 saturated carbocycles. The smallest absolute Gasteiger partial charge is 0.314 e. The van der Waals surface area contributed by atoms with E-state index in [1.807, 2.05) is 0 Å². The first-order chi connectivity index (χ1) is 10.9. The van der Waals surface area contributed by atoms with E-state index in [2.05, 4.69) is 17.1 Å². The first-order valence-corrected chi connectivity index (χ1v) is 8.62. The van der Waals surface area contributed by atoms with Crippen molar-refractivity contribution >= 4 is 11.6 Å². The SMILES string of the molecule is CCCCC[C@H](c1ccc(Cl)c(C(F)(F)F)c1)N1CCNCC1. The van der Waals surface area contributed by atoms with Crippen LogP contribution in [0.1, 0.15) is 49.8 Å². The van der Waals surface area contributed by atoms with Gasteiger partial charge in [-0.15, -0.1) is 0 Å². The minimum Gasteiger partial charge on any atom is -0.314 e. The largest absolute Gasteiger partial charge is 0.417 e. The van der Waals surface area contributed by atoms with Crippen LogP contribution in [0, 0.1) is 0 Å². The van der Waals surface area contributed by atoms with Crippen LogP contribution in [-0.4, -0.2) is 31.1 Å². The van der Waals surface area contributed by atoms with E-state index in [-0.39, 0.29) is 11.1 Å². The number of nitrogens with zero attached hydrogens (tertiary/aromatic N) is 1. The van der Waals surface area contributed by atoms with Gasteiger partial charge >= 0.3 is 6.18 Å². The number of rotatable bonds is 6. The molecule has 1 heterocycles. The summed E-state index contributed by atoms with van der Waals surface area (Å²) < 4.78 is 39.4. The molecular formula is C17H24ClF3N2. The molecule has 0 bridgehead atoms. The molecule has 1 saturated heterocycles. The highest BCUT2D eigenvalue weighted by molar-refractivity contribution is 6.31. The second-order valence-electron chi connectivity index (χ2n) is 6.03. The maximum atomic E-state index is 13.1. The molecule has 0 amide bonds. The summed E-state index contributed by atoms with van der Waals surface area (Å²) >= 11 is 5.75. The van der Waals surface area contributed by atoms with Gasteiger partial charge in [-0.05, 0) is 24.1 Å². The lowest BCUT2D eigenvalue weighted by Gasteiger charge is -2.35. The third-order valence-corrected chi connectivity index (χ3v) is 4.68. The van der Waals surface area contributed by atoms with Crippen molar-refractivity contribution in [2.45, 2.75) is 44.8 Å². The first-order valence-electron chi connectivity index (χ1n) is 8.25. The van der Waals surface area contributed by atoms with E-state index in [4.69, 9.17) is 11.6 Å². The molecule has 0 aromatic heterocycles. The lowest BCUT2D eigenvalue weighted by molar-refractivity contribution is -0.137. The second kappa shape index (κ2) is 8.36. The van der Waals surface area contributed by atoms with Gasteiger partial charge in [0.2, 0.25) is 0 Å². The van der Waals surface area contributed by atoms with Crippen molar-refractivity contribution in [3.05, 3.63) is 34.3 Å². The summed E-state index contributed by atoms with van der Waals surface area (Å²) in [6.07, 6.45) is -0.308. The molecular weight excluding hydrogens is 325 g/mol. The summed E-state index contributed by atoms with van der Waals surface area (Å²) in [5.41, 5.74) is -0.00739. The molecule has 130 valence electrons. The zero-order valence-corrected chi connectivity index (χ0v) is 14.2. The van der Waals surface area contributed by atoms with Gasteiger partial charge in [-0.1, -0.05) is 43.9 Å². The molecule has 1 aromatic carbocycles. The Morgan fingerprint density at radius 1 is 1.22 bits per heavy atom. The normalized spacial score (nSPS) is 18.1. The van der Waals surface area contributed by atoms with E-state index >= 15 is 0 Å². The molecule has 1 N–H and O–H groups in total. The predicted octanol–water partition coefficient (Wildman–Crippen LogP) is 4.89. The lowest BCUT2D eigenvalue weighted by atomic mass is 9.96. The Kier molecular flexibility index (Phi) is 6.74. The number of piperazine rings is 1. The van der Waals surface area contributed by atoms with Crippen molar-refractivity contribution in [3.8, 4) is 0 Å². The van der Waals surface area contributed by atoms with E-state index in [1.54, 1.807) is 6.07 Å². The van der Waals surface area contributed by atoms with Gasteiger partial charge in [0, 0.05) is 32.2 Å². The van der Waals surface area contributed by atoms with E-state index in [0.29, 0.717) is 0 Å². The monoisotopic (exact) mass is 348 g/mol. The highest BCUT2D eigenvalue weighted by Crippen LogP contribution is 2.38. The Morgan fingerprint density at radius 3 is 2.52 bits per heavy atom. The molecule has 2 nitrogen and oxygen atoms in total. The number of halogens is 4. The average molecular weight is 349 g/mol. The minimum atomic E-state index is -4.41. The number of nitrogens with one attached hydrogen (secondary N) is 1. The van der Waals surface area contributed by atoms with E-state index < -0.39 is 11.7 Å². The molecule has 0 aliphatic carbocycles. The van der Waals surface area contributed by atoms with Crippen LogP contribution in [0.4, 0.5) is 13.2 Å². The maximum Gasteiger partial charge on any atom is 0.417 e. The topological polar surface area (TPSA) is 15.3 Å². The molecule has 23 heavy (non-hydrogen) atoms. The van der Waals surface area contributed by atoms with Crippen LogP contribution in [0.15, 0.2) is 18.2 Å². The van der Waals surface area contributed by atoms with Crippen LogP contribution < -0.4 is 5.32 Å². The zero-order chi connectivity index (χ0) is 16.9. The zero-order valence-electron chi connectivity index (χ0n) is 13.4. The summed E-state index contributed by atoms with van der Waals surface area (Å²) in [4.78, 5) is 2.29. The van der Waals surface area contributed by atoms with Crippen LogP contribution in [0.3, 0.4) is 0 Å². The number of hydrogen-bond acceptors (Lipinski definition) is 2. The van der Waals surface area contributed by atoms with Gasteiger partial charge in [0.05, 0.1) is 10.6 Å². The van der Waals surface area contributed by atoms with Crippen LogP contribution in [0.25, 0.3) is 0 Å². The number of alkyl halides is 3. The molecule has 0 spiro atoms. The molecule has 0 radical (unpaired) electrons. The van der Waals surface area contributed by atoms with Crippen molar-refractivity contribution in [2.24, 2.45) is 0 Å². The van der Waals surface area contributed by atoms with Gasteiger partial charge in [-0.25, -0.2) is 0 Å². The Bertz CT molecular complexity index is 499. The summed E-state index contributed by atoms with van der Waals surface area (Å²) in [6.45, 7) is 5.61.